The van der Waals surface area contributed by atoms with Crippen molar-refractivity contribution in [1.29, 1.82) is 0 Å². The molecule has 0 unspecified atom stereocenters. The van der Waals surface area contributed by atoms with Gasteiger partial charge in [0.25, 0.3) is 0 Å². The fourth-order valence-corrected chi connectivity index (χ4v) is 4.24. The molecule has 2 aliphatic rings. The van der Waals surface area contributed by atoms with E-state index in [0.717, 1.165) is 11.1 Å². The molecule has 1 heterocycles. The maximum absolute atomic E-state index is 12.7. The smallest absolute Gasteiger partial charge is 0.408 e. The molecule has 5 nitrogen and oxygen atoms in total. The number of hydrogen-bond donors (Lipinski definition) is 1. The highest BCUT2D eigenvalue weighted by Gasteiger charge is 2.47. The van der Waals surface area contributed by atoms with Crippen molar-refractivity contribution in [3.63, 3.8) is 0 Å². The quantitative estimate of drug-likeness (QED) is 0.853. The van der Waals surface area contributed by atoms with Gasteiger partial charge in [0.2, 0.25) is 0 Å². The maximum atomic E-state index is 12.7. The first-order valence-electron chi connectivity index (χ1n) is 8.88. The number of nitrogens with zero attached hydrogens (tertiary/aromatic N) is 1. The van der Waals surface area contributed by atoms with Gasteiger partial charge in [-0.15, -0.1) is 0 Å². The normalized spacial score (nSPS) is 21.3. The van der Waals surface area contributed by atoms with Crippen LogP contribution in [0.4, 0.5) is 4.79 Å². The number of hydrogen-bond acceptors (Lipinski definition) is 3. The Kier molecular flexibility index (Phi) is 3.94. The third-order valence-corrected chi connectivity index (χ3v) is 5.66. The van der Waals surface area contributed by atoms with E-state index >= 15 is 0 Å². The minimum atomic E-state index is -1.09. The molecule has 0 saturated carbocycles. The molecule has 1 fully saturated rings. The van der Waals surface area contributed by atoms with Gasteiger partial charge in [0.05, 0.1) is 0 Å². The average molecular weight is 351 g/mol. The van der Waals surface area contributed by atoms with Gasteiger partial charge in [-0.25, -0.2) is 9.59 Å². The number of likely N-dealkylation sites (tertiary alicyclic amines) is 1. The summed E-state index contributed by atoms with van der Waals surface area (Å²) < 4.78 is 5.66. The molecule has 26 heavy (non-hydrogen) atoms. The standard InChI is InChI=1S/C21H21NO4/c1-21(11-6-12-22(21)20(24)25)19(23)26-13-18-16-9-4-2-7-14(16)15-8-3-5-10-17(15)18/h2-5,7-10,18H,6,11-13H2,1H3,(H,24,25)/t21-/m1/s1. The van der Waals surface area contributed by atoms with E-state index in [1.165, 1.54) is 16.0 Å². The molecule has 2 aromatic rings. The number of fused-ring (bicyclic) bond motifs is 3. The van der Waals surface area contributed by atoms with Crippen molar-refractivity contribution in [2.45, 2.75) is 31.2 Å². The molecular formula is C21H21NO4. The third-order valence-electron chi connectivity index (χ3n) is 5.66. The molecule has 0 bridgehead atoms. The van der Waals surface area contributed by atoms with E-state index in [4.69, 9.17) is 4.74 Å². The zero-order chi connectivity index (χ0) is 18.3. The minimum Gasteiger partial charge on any atom is -0.465 e. The molecule has 2 aromatic carbocycles. The number of carbonyl (C=O) groups is 2. The van der Waals surface area contributed by atoms with E-state index in [0.29, 0.717) is 19.4 Å². The van der Waals surface area contributed by atoms with Gasteiger partial charge < -0.3 is 9.84 Å². The predicted molar refractivity (Wildman–Crippen MR) is 97.0 cm³/mol. The summed E-state index contributed by atoms with van der Waals surface area (Å²) in [6, 6.07) is 16.3. The lowest BCUT2D eigenvalue weighted by atomic mass is 9.97. The number of rotatable bonds is 3. The van der Waals surface area contributed by atoms with Crippen molar-refractivity contribution < 1.29 is 19.4 Å². The van der Waals surface area contributed by atoms with Crippen LogP contribution in [0.15, 0.2) is 48.5 Å². The van der Waals surface area contributed by atoms with Crippen LogP contribution in [0.3, 0.4) is 0 Å². The number of ether oxygens (including phenoxy) is 1. The Balaban J connectivity index is 1.57. The highest BCUT2D eigenvalue weighted by atomic mass is 16.5. The topological polar surface area (TPSA) is 66.8 Å². The molecular weight excluding hydrogens is 330 g/mol. The molecule has 1 aliphatic heterocycles. The Hall–Kier alpha value is -2.82. The number of esters is 1. The first-order chi connectivity index (χ1) is 12.5. The monoisotopic (exact) mass is 351 g/mol. The maximum Gasteiger partial charge on any atom is 0.408 e. The molecule has 4 rings (SSSR count). The van der Waals surface area contributed by atoms with Gasteiger partial charge in [-0.05, 0) is 42.0 Å². The first kappa shape index (κ1) is 16.6. The van der Waals surface area contributed by atoms with E-state index in [-0.39, 0.29) is 12.5 Å². The van der Waals surface area contributed by atoms with Crippen molar-refractivity contribution in [2.24, 2.45) is 0 Å². The fourth-order valence-electron chi connectivity index (χ4n) is 4.24. The third kappa shape index (κ3) is 2.46. The summed E-state index contributed by atoms with van der Waals surface area (Å²) in [5.41, 5.74) is 3.54. The highest BCUT2D eigenvalue weighted by molar-refractivity contribution is 5.86. The summed E-state index contributed by atoms with van der Waals surface area (Å²) in [4.78, 5) is 25.4. The molecule has 0 spiro atoms. The highest BCUT2D eigenvalue weighted by Crippen LogP contribution is 2.44. The summed E-state index contributed by atoms with van der Waals surface area (Å²) in [6.45, 7) is 2.25. The molecule has 1 atom stereocenters. The lowest BCUT2D eigenvalue weighted by Crippen LogP contribution is -2.51. The second-order valence-electron chi connectivity index (χ2n) is 7.14. The lowest BCUT2D eigenvalue weighted by molar-refractivity contribution is -0.154. The summed E-state index contributed by atoms with van der Waals surface area (Å²) in [5.74, 6) is -0.478. The van der Waals surface area contributed by atoms with Crippen LogP contribution in [0, 0.1) is 0 Å². The number of amides is 1. The molecule has 1 aliphatic carbocycles. The lowest BCUT2D eigenvalue weighted by Gasteiger charge is -2.31. The van der Waals surface area contributed by atoms with Gasteiger partial charge in [0.1, 0.15) is 12.1 Å². The van der Waals surface area contributed by atoms with Crippen LogP contribution in [0.1, 0.15) is 36.8 Å². The molecule has 1 saturated heterocycles. The van der Waals surface area contributed by atoms with Crippen LogP contribution in [-0.4, -0.2) is 40.8 Å². The largest absolute Gasteiger partial charge is 0.465 e. The van der Waals surface area contributed by atoms with E-state index in [9.17, 15) is 14.7 Å². The van der Waals surface area contributed by atoms with Gasteiger partial charge in [-0.2, -0.15) is 0 Å². The zero-order valence-electron chi connectivity index (χ0n) is 14.6. The van der Waals surface area contributed by atoms with Crippen molar-refractivity contribution in [1.82, 2.24) is 4.90 Å². The van der Waals surface area contributed by atoms with Crippen molar-refractivity contribution in [3.8, 4) is 11.1 Å². The molecule has 5 heteroatoms. The molecule has 0 radical (unpaired) electrons. The second-order valence-corrected chi connectivity index (χ2v) is 7.14. The van der Waals surface area contributed by atoms with Gasteiger partial charge in [0.15, 0.2) is 0 Å². The Bertz CT molecular complexity index is 832. The van der Waals surface area contributed by atoms with Crippen LogP contribution < -0.4 is 0 Å². The molecule has 134 valence electrons. The van der Waals surface area contributed by atoms with Crippen molar-refractivity contribution >= 4 is 12.1 Å². The van der Waals surface area contributed by atoms with E-state index in [2.05, 4.69) is 24.3 Å². The zero-order valence-corrected chi connectivity index (χ0v) is 14.6. The average Bonchev–Trinajstić information content (AvgIpc) is 3.19. The number of benzene rings is 2. The van der Waals surface area contributed by atoms with Crippen LogP contribution in [0.5, 0.6) is 0 Å². The Morgan fingerprint density at radius 2 is 1.69 bits per heavy atom. The molecule has 0 aromatic heterocycles. The van der Waals surface area contributed by atoms with Crippen LogP contribution in [-0.2, 0) is 9.53 Å². The number of carbonyl (C=O) groups excluding carboxylic acids is 1. The number of carboxylic acid groups (broad SMARTS) is 1. The minimum absolute atomic E-state index is 0.0189. The van der Waals surface area contributed by atoms with Crippen LogP contribution in [0.2, 0.25) is 0 Å². The summed E-state index contributed by atoms with van der Waals surface area (Å²) in [7, 11) is 0. The SMILES string of the molecule is C[C@]1(C(=O)OCC2c3ccccc3-c3ccccc32)CCCN1C(=O)O. The van der Waals surface area contributed by atoms with Crippen LogP contribution in [0.25, 0.3) is 11.1 Å². The molecule has 1 amide bonds. The summed E-state index contributed by atoms with van der Waals surface area (Å²) >= 11 is 0. The summed E-state index contributed by atoms with van der Waals surface area (Å²) in [6.07, 6.45) is 0.0988. The van der Waals surface area contributed by atoms with E-state index < -0.39 is 17.6 Å². The van der Waals surface area contributed by atoms with E-state index in [1.807, 2.05) is 24.3 Å². The van der Waals surface area contributed by atoms with E-state index in [1.54, 1.807) is 6.92 Å². The predicted octanol–water partition coefficient (Wildman–Crippen LogP) is 3.87. The van der Waals surface area contributed by atoms with Gasteiger partial charge in [-0.3, -0.25) is 4.90 Å². The Morgan fingerprint density at radius 1 is 1.12 bits per heavy atom. The first-order valence-corrected chi connectivity index (χ1v) is 8.88. The summed E-state index contributed by atoms with van der Waals surface area (Å²) in [5, 5.41) is 9.36. The van der Waals surface area contributed by atoms with Gasteiger partial charge >= 0.3 is 12.1 Å². The Labute approximate surface area is 152 Å². The van der Waals surface area contributed by atoms with Gasteiger partial charge in [-0.1, -0.05) is 48.5 Å². The van der Waals surface area contributed by atoms with Gasteiger partial charge in [0, 0.05) is 12.5 Å². The Morgan fingerprint density at radius 3 is 2.27 bits per heavy atom. The molecule has 1 N–H and O–H groups in total. The van der Waals surface area contributed by atoms with Crippen molar-refractivity contribution in [2.75, 3.05) is 13.2 Å². The fraction of sp³-hybridized carbons (Fsp3) is 0.333. The van der Waals surface area contributed by atoms with Crippen LogP contribution >= 0.6 is 0 Å². The van der Waals surface area contributed by atoms with Crippen molar-refractivity contribution in [3.05, 3.63) is 59.7 Å². The second kappa shape index (κ2) is 6.16.